The molecule has 0 saturated carbocycles. The average molecular weight is 269 g/mol. The van der Waals surface area contributed by atoms with Crippen LogP contribution in [0.2, 0.25) is 0 Å². The van der Waals surface area contributed by atoms with Gasteiger partial charge in [-0.25, -0.2) is 0 Å². The number of hydrogen-bond acceptors (Lipinski definition) is 4. The summed E-state index contributed by atoms with van der Waals surface area (Å²) in [7, 11) is 0. The van der Waals surface area contributed by atoms with Gasteiger partial charge in [0.15, 0.2) is 5.17 Å². The third-order valence-electron chi connectivity index (χ3n) is 2.99. The number of aliphatic imine (C=N–C) groups is 1. The monoisotopic (exact) mass is 269 g/mol. The Kier molecular flexibility index (Phi) is 3.51. The van der Waals surface area contributed by atoms with Crippen molar-refractivity contribution in [3.8, 4) is 0 Å². The Bertz CT molecular complexity index is 578. The van der Waals surface area contributed by atoms with Crippen LogP contribution in [-0.4, -0.2) is 16.7 Å². The van der Waals surface area contributed by atoms with Crippen molar-refractivity contribution in [1.82, 2.24) is 4.98 Å². The van der Waals surface area contributed by atoms with E-state index in [1.165, 1.54) is 5.56 Å². The molecule has 1 aromatic heterocycles. The molecule has 1 unspecified atom stereocenters. The molecule has 19 heavy (non-hydrogen) atoms. The lowest BCUT2D eigenvalue weighted by atomic mass is 10.1. The zero-order valence-corrected chi connectivity index (χ0v) is 11.5. The maximum Gasteiger partial charge on any atom is 0.161 e. The molecule has 1 atom stereocenters. The van der Waals surface area contributed by atoms with Crippen LogP contribution in [0, 0.1) is 6.92 Å². The summed E-state index contributed by atoms with van der Waals surface area (Å²) in [6, 6.07) is 14.5. The molecule has 1 aliphatic rings. The summed E-state index contributed by atoms with van der Waals surface area (Å²) in [5, 5.41) is 4.71. The number of hydrogen-bond donors (Lipinski definition) is 1. The van der Waals surface area contributed by atoms with Crippen LogP contribution in [0.5, 0.6) is 0 Å². The van der Waals surface area contributed by atoms with E-state index in [-0.39, 0.29) is 0 Å². The number of amidine groups is 1. The van der Waals surface area contributed by atoms with Gasteiger partial charge >= 0.3 is 0 Å². The van der Waals surface area contributed by atoms with Gasteiger partial charge in [0.25, 0.3) is 0 Å². The molecule has 0 radical (unpaired) electrons. The normalized spacial score (nSPS) is 18.2. The molecule has 0 spiro atoms. The minimum atomic E-state index is 0.419. The Hall–Kier alpha value is -1.81. The highest BCUT2D eigenvalue weighted by Crippen LogP contribution is 2.35. The van der Waals surface area contributed by atoms with E-state index >= 15 is 0 Å². The van der Waals surface area contributed by atoms with Crippen molar-refractivity contribution >= 4 is 22.6 Å². The Morgan fingerprint density at radius 3 is 2.74 bits per heavy atom. The molecule has 0 amide bonds. The average Bonchev–Trinajstić information content (AvgIpc) is 2.91. The zero-order chi connectivity index (χ0) is 13.1. The number of nitrogens with zero attached hydrogens (tertiary/aromatic N) is 2. The van der Waals surface area contributed by atoms with Crippen LogP contribution in [0.25, 0.3) is 0 Å². The lowest BCUT2D eigenvalue weighted by Crippen LogP contribution is -2.05. The first-order chi connectivity index (χ1) is 9.31. The van der Waals surface area contributed by atoms with Gasteiger partial charge < -0.3 is 5.32 Å². The van der Waals surface area contributed by atoms with Crippen molar-refractivity contribution in [1.29, 1.82) is 0 Å². The van der Waals surface area contributed by atoms with Gasteiger partial charge in [0.05, 0.1) is 23.7 Å². The van der Waals surface area contributed by atoms with Crippen LogP contribution < -0.4 is 5.32 Å². The van der Waals surface area contributed by atoms with Crippen molar-refractivity contribution in [3.63, 3.8) is 0 Å². The third kappa shape index (κ3) is 2.96. The maximum absolute atomic E-state index is 4.55. The van der Waals surface area contributed by atoms with Crippen LogP contribution >= 0.6 is 11.8 Å². The molecule has 1 aliphatic heterocycles. The largest absolute Gasteiger partial charge is 0.334 e. The number of aryl methyl sites for hydroxylation is 1. The fourth-order valence-corrected chi connectivity index (χ4v) is 2.99. The number of aromatic nitrogens is 1. The van der Waals surface area contributed by atoms with Crippen molar-refractivity contribution in [2.45, 2.75) is 12.2 Å². The SMILES string of the molecule is Cc1ccc(NC2=NCC(c3ccccc3)S2)cn1. The highest BCUT2D eigenvalue weighted by molar-refractivity contribution is 8.14. The minimum absolute atomic E-state index is 0.419. The zero-order valence-electron chi connectivity index (χ0n) is 10.7. The Balaban J connectivity index is 1.64. The lowest BCUT2D eigenvalue weighted by Gasteiger charge is -2.09. The maximum atomic E-state index is 4.55. The fourth-order valence-electron chi connectivity index (χ4n) is 1.95. The summed E-state index contributed by atoms with van der Waals surface area (Å²) in [4.78, 5) is 8.82. The molecule has 96 valence electrons. The first-order valence-electron chi connectivity index (χ1n) is 6.27. The van der Waals surface area contributed by atoms with Gasteiger partial charge in [-0.3, -0.25) is 9.98 Å². The van der Waals surface area contributed by atoms with Crippen LogP contribution in [0.3, 0.4) is 0 Å². The van der Waals surface area contributed by atoms with Crippen LogP contribution in [0.4, 0.5) is 5.69 Å². The molecule has 3 rings (SSSR count). The lowest BCUT2D eigenvalue weighted by molar-refractivity contribution is 0.966. The summed E-state index contributed by atoms with van der Waals surface area (Å²) >= 11 is 1.77. The van der Waals surface area contributed by atoms with E-state index in [4.69, 9.17) is 0 Å². The predicted molar refractivity (Wildman–Crippen MR) is 81.7 cm³/mol. The van der Waals surface area contributed by atoms with E-state index in [9.17, 15) is 0 Å². The number of nitrogens with one attached hydrogen (secondary N) is 1. The number of benzene rings is 1. The van der Waals surface area contributed by atoms with Gasteiger partial charge in [-0.05, 0) is 24.6 Å². The molecular formula is C15H15N3S. The highest BCUT2D eigenvalue weighted by Gasteiger charge is 2.21. The standard InChI is InChI=1S/C15H15N3S/c1-11-7-8-13(9-16-11)18-15-17-10-14(19-15)12-5-3-2-4-6-12/h2-9,14H,10H2,1H3,(H,17,18). The van der Waals surface area contributed by atoms with Crippen molar-refractivity contribution in [2.75, 3.05) is 11.9 Å². The van der Waals surface area contributed by atoms with E-state index in [0.717, 1.165) is 23.1 Å². The second kappa shape index (κ2) is 5.45. The second-order valence-corrected chi connectivity index (χ2v) is 5.67. The molecule has 0 bridgehead atoms. The first kappa shape index (κ1) is 12.2. The molecule has 3 nitrogen and oxygen atoms in total. The molecule has 0 aliphatic carbocycles. The summed E-state index contributed by atoms with van der Waals surface area (Å²) in [6.07, 6.45) is 1.84. The summed E-state index contributed by atoms with van der Waals surface area (Å²) < 4.78 is 0. The van der Waals surface area contributed by atoms with Crippen LogP contribution in [0.1, 0.15) is 16.5 Å². The highest BCUT2D eigenvalue weighted by atomic mass is 32.2. The quantitative estimate of drug-likeness (QED) is 0.904. The van der Waals surface area contributed by atoms with Gasteiger partial charge in [0.2, 0.25) is 0 Å². The second-order valence-electron chi connectivity index (χ2n) is 4.48. The van der Waals surface area contributed by atoms with Gasteiger partial charge in [-0.15, -0.1) is 0 Å². The van der Waals surface area contributed by atoms with Gasteiger partial charge in [0, 0.05) is 5.69 Å². The number of pyridine rings is 1. The molecule has 1 aromatic carbocycles. The Labute approximate surface area is 117 Å². The van der Waals surface area contributed by atoms with Crippen LogP contribution in [-0.2, 0) is 0 Å². The van der Waals surface area contributed by atoms with E-state index in [1.54, 1.807) is 11.8 Å². The summed E-state index contributed by atoms with van der Waals surface area (Å²) in [5.74, 6) is 0. The van der Waals surface area contributed by atoms with Gasteiger partial charge in [-0.1, -0.05) is 42.1 Å². The van der Waals surface area contributed by atoms with Crippen molar-refractivity contribution in [3.05, 3.63) is 59.9 Å². The Morgan fingerprint density at radius 2 is 2.00 bits per heavy atom. The summed E-state index contributed by atoms with van der Waals surface area (Å²) in [6.45, 7) is 2.81. The van der Waals surface area contributed by atoms with E-state index in [0.29, 0.717) is 5.25 Å². The molecule has 2 aromatic rings. The van der Waals surface area contributed by atoms with Gasteiger partial charge in [-0.2, -0.15) is 0 Å². The van der Waals surface area contributed by atoms with Crippen molar-refractivity contribution in [2.24, 2.45) is 4.99 Å². The molecule has 2 heterocycles. The minimum Gasteiger partial charge on any atom is -0.334 e. The fraction of sp³-hybridized carbons (Fsp3) is 0.200. The van der Waals surface area contributed by atoms with E-state index in [2.05, 4.69) is 39.6 Å². The molecule has 1 N–H and O–H groups in total. The van der Waals surface area contributed by atoms with Gasteiger partial charge in [0.1, 0.15) is 0 Å². The van der Waals surface area contributed by atoms with Crippen LogP contribution in [0.15, 0.2) is 53.7 Å². The number of thioether (sulfide) groups is 1. The van der Waals surface area contributed by atoms with E-state index in [1.807, 2.05) is 31.3 Å². The van der Waals surface area contributed by atoms with Crippen molar-refractivity contribution < 1.29 is 0 Å². The molecule has 0 fully saturated rings. The number of anilines is 1. The number of rotatable bonds is 2. The third-order valence-corrected chi connectivity index (χ3v) is 4.15. The summed E-state index contributed by atoms with van der Waals surface area (Å²) in [5.41, 5.74) is 3.34. The van der Waals surface area contributed by atoms with E-state index < -0.39 is 0 Å². The molecular weight excluding hydrogens is 254 g/mol. The smallest absolute Gasteiger partial charge is 0.161 e. The molecule has 0 saturated heterocycles. The first-order valence-corrected chi connectivity index (χ1v) is 7.15. The topological polar surface area (TPSA) is 37.3 Å². The Morgan fingerprint density at radius 1 is 1.16 bits per heavy atom. The molecule has 4 heteroatoms. The predicted octanol–water partition coefficient (Wildman–Crippen LogP) is 3.65.